The number of nitrogens with zero attached hydrogens (tertiary/aromatic N) is 2. The van der Waals surface area contributed by atoms with E-state index in [4.69, 9.17) is 16.3 Å². The number of fused-ring (bicyclic) bond motifs is 1. The number of carbonyl (C=O) groups excluding carboxylic acids is 2. The largest absolute Gasteiger partial charge is 0.486 e. The first-order valence-electron chi connectivity index (χ1n) is 11.3. The molecule has 0 saturated carbocycles. The zero-order valence-corrected chi connectivity index (χ0v) is 22.4. The van der Waals surface area contributed by atoms with Crippen LogP contribution in [0.15, 0.2) is 88.2 Å². The summed E-state index contributed by atoms with van der Waals surface area (Å²) >= 11 is 10.9. The van der Waals surface area contributed by atoms with Crippen LogP contribution in [0, 0.1) is 11.3 Å². The van der Waals surface area contributed by atoms with Crippen molar-refractivity contribution >= 4 is 67.3 Å². The van der Waals surface area contributed by atoms with Crippen LogP contribution in [-0.4, -0.2) is 16.0 Å². The Morgan fingerprint density at radius 1 is 1.00 bits per heavy atom. The maximum Gasteiger partial charge on any atom is 0.293 e. The van der Waals surface area contributed by atoms with Gasteiger partial charge in [0.15, 0.2) is 5.75 Å². The number of benzene rings is 4. The third-order valence-electron chi connectivity index (χ3n) is 5.91. The molecule has 0 aromatic heterocycles. The summed E-state index contributed by atoms with van der Waals surface area (Å²) in [6.07, 6.45) is 1.63. The van der Waals surface area contributed by atoms with Gasteiger partial charge >= 0.3 is 0 Å². The van der Waals surface area contributed by atoms with Gasteiger partial charge in [-0.25, -0.2) is 0 Å². The molecule has 0 N–H and O–H groups in total. The molecule has 1 aliphatic rings. The van der Waals surface area contributed by atoms with Crippen LogP contribution >= 0.6 is 39.3 Å². The molecule has 5 rings (SSSR count). The number of hydrogen-bond donors (Lipinski definition) is 0. The Bertz CT molecular complexity index is 1600. The topological polar surface area (TPSA) is 70.4 Å². The highest BCUT2D eigenvalue weighted by Crippen LogP contribution is 2.38. The average molecular weight is 590 g/mol. The standard InChI is InChI=1S/C29H18BrClN2O3S/c30-24-12-18(13-25(31)27(24)36-17-22-10-5-9-19-6-3-4-11-23(19)22)14-26-28(34)33(29(35)37-26)16-21-8-2-1-7-20(21)15-32/h1-14H,16-17H2/b26-14+. The van der Waals surface area contributed by atoms with Crippen LogP contribution in [-0.2, 0) is 17.9 Å². The molecule has 5 nitrogen and oxygen atoms in total. The number of hydrogen-bond acceptors (Lipinski definition) is 5. The minimum Gasteiger partial charge on any atom is -0.486 e. The molecule has 37 heavy (non-hydrogen) atoms. The first kappa shape index (κ1) is 25.1. The lowest BCUT2D eigenvalue weighted by molar-refractivity contribution is -0.123. The molecule has 1 fully saturated rings. The van der Waals surface area contributed by atoms with E-state index < -0.39 is 5.91 Å². The van der Waals surface area contributed by atoms with E-state index in [1.54, 1.807) is 42.5 Å². The van der Waals surface area contributed by atoms with E-state index in [-0.39, 0.29) is 16.7 Å². The number of amides is 2. The van der Waals surface area contributed by atoms with Crippen molar-refractivity contribution in [2.75, 3.05) is 0 Å². The summed E-state index contributed by atoms with van der Waals surface area (Å²) in [5.74, 6) is 0.0826. The molecule has 8 heteroatoms. The van der Waals surface area contributed by atoms with Gasteiger partial charge in [0, 0.05) is 0 Å². The lowest BCUT2D eigenvalue weighted by Crippen LogP contribution is -2.27. The normalized spacial score (nSPS) is 14.4. The summed E-state index contributed by atoms with van der Waals surface area (Å²) in [5, 5.41) is 11.6. The van der Waals surface area contributed by atoms with Crippen LogP contribution in [0.25, 0.3) is 16.8 Å². The molecule has 0 spiro atoms. The van der Waals surface area contributed by atoms with E-state index in [2.05, 4.69) is 40.2 Å². The Labute approximate surface area is 231 Å². The van der Waals surface area contributed by atoms with E-state index in [9.17, 15) is 14.9 Å². The van der Waals surface area contributed by atoms with Crippen molar-refractivity contribution in [1.29, 1.82) is 5.26 Å². The van der Waals surface area contributed by atoms with Crippen molar-refractivity contribution in [3.05, 3.63) is 116 Å². The monoisotopic (exact) mass is 588 g/mol. The molecule has 0 bridgehead atoms. The predicted molar refractivity (Wildman–Crippen MR) is 150 cm³/mol. The Kier molecular flexibility index (Phi) is 7.33. The second-order valence-corrected chi connectivity index (χ2v) is 10.5. The van der Waals surface area contributed by atoms with Gasteiger partial charge in [-0.3, -0.25) is 14.5 Å². The number of halogens is 2. The smallest absolute Gasteiger partial charge is 0.293 e. The minimum atomic E-state index is -0.411. The van der Waals surface area contributed by atoms with Gasteiger partial charge in [-0.2, -0.15) is 5.26 Å². The van der Waals surface area contributed by atoms with Crippen LogP contribution in [0.3, 0.4) is 0 Å². The van der Waals surface area contributed by atoms with Crippen molar-refractivity contribution in [2.24, 2.45) is 0 Å². The molecule has 0 unspecified atom stereocenters. The SMILES string of the molecule is N#Cc1ccccc1CN1C(=O)S/C(=C/c2cc(Cl)c(OCc3cccc4ccccc34)c(Br)c2)C1=O. The average Bonchev–Trinajstić information content (AvgIpc) is 3.15. The first-order chi connectivity index (χ1) is 17.9. The molecule has 2 amide bonds. The summed E-state index contributed by atoms with van der Waals surface area (Å²) in [5.41, 5.74) is 2.74. The molecular formula is C29H18BrClN2O3S. The van der Waals surface area contributed by atoms with E-state index in [1.807, 2.05) is 24.3 Å². The maximum absolute atomic E-state index is 13.0. The molecule has 0 aliphatic carbocycles. The van der Waals surface area contributed by atoms with Gasteiger partial charge < -0.3 is 4.74 Å². The third-order valence-corrected chi connectivity index (χ3v) is 7.69. The molecular weight excluding hydrogens is 572 g/mol. The third kappa shape index (κ3) is 5.28. The van der Waals surface area contributed by atoms with Crippen LogP contribution in [0.5, 0.6) is 5.75 Å². The number of imide groups is 1. The zero-order chi connectivity index (χ0) is 25.9. The Morgan fingerprint density at radius 2 is 1.73 bits per heavy atom. The molecule has 1 aliphatic heterocycles. The summed E-state index contributed by atoms with van der Waals surface area (Å²) in [7, 11) is 0. The molecule has 182 valence electrons. The van der Waals surface area contributed by atoms with Crippen LogP contribution in [0.1, 0.15) is 22.3 Å². The van der Waals surface area contributed by atoms with Crippen molar-refractivity contribution in [2.45, 2.75) is 13.2 Å². The first-order valence-corrected chi connectivity index (χ1v) is 13.2. The van der Waals surface area contributed by atoms with E-state index in [0.29, 0.717) is 38.5 Å². The van der Waals surface area contributed by atoms with E-state index >= 15 is 0 Å². The summed E-state index contributed by atoms with van der Waals surface area (Å²) in [6, 6.07) is 26.7. The van der Waals surface area contributed by atoms with Crippen molar-refractivity contribution in [1.82, 2.24) is 4.90 Å². The van der Waals surface area contributed by atoms with Gasteiger partial charge in [-0.15, -0.1) is 0 Å². The fourth-order valence-electron chi connectivity index (χ4n) is 4.09. The summed E-state index contributed by atoms with van der Waals surface area (Å²) < 4.78 is 6.70. The second kappa shape index (κ2) is 10.8. The van der Waals surface area contributed by atoms with Crippen LogP contribution in [0.2, 0.25) is 5.02 Å². The minimum absolute atomic E-state index is 0.0388. The number of thioether (sulfide) groups is 1. The molecule has 4 aromatic rings. The molecule has 0 atom stereocenters. The highest BCUT2D eigenvalue weighted by molar-refractivity contribution is 9.10. The lowest BCUT2D eigenvalue weighted by atomic mass is 10.1. The van der Waals surface area contributed by atoms with Crippen LogP contribution < -0.4 is 4.74 Å². The number of nitriles is 1. The maximum atomic E-state index is 13.0. The lowest BCUT2D eigenvalue weighted by Gasteiger charge is -2.13. The van der Waals surface area contributed by atoms with Gasteiger partial charge in [-0.05, 0) is 79.4 Å². The molecule has 1 heterocycles. The summed E-state index contributed by atoms with van der Waals surface area (Å²) in [6.45, 7) is 0.374. The Morgan fingerprint density at radius 3 is 2.54 bits per heavy atom. The van der Waals surface area contributed by atoms with Crippen molar-refractivity contribution in [3.8, 4) is 11.8 Å². The predicted octanol–water partition coefficient (Wildman–Crippen LogP) is 7.94. The summed E-state index contributed by atoms with van der Waals surface area (Å²) in [4.78, 5) is 27.0. The Balaban J connectivity index is 1.34. The quantitative estimate of drug-likeness (QED) is 0.214. The van der Waals surface area contributed by atoms with Gasteiger partial charge in [0.05, 0.1) is 32.6 Å². The van der Waals surface area contributed by atoms with E-state index in [0.717, 1.165) is 33.0 Å². The fraction of sp³-hybridized carbons (Fsp3) is 0.0690. The second-order valence-electron chi connectivity index (χ2n) is 8.28. The number of carbonyl (C=O) groups is 2. The number of rotatable bonds is 6. The van der Waals surface area contributed by atoms with Crippen molar-refractivity contribution in [3.63, 3.8) is 0 Å². The van der Waals surface area contributed by atoms with Gasteiger partial charge in [0.1, 0.15) is 6.61 Å². The van der Waals surface area contributed by atoms with Gasteiger partial charge in [-0.1, -0.05) is 72.3 Å². The molecule has 1 saturated heterocycles. The highest BCUT2D eigenvalue weighted by atomic mass is 79.9. The molecule has 4 aromatic carbocycles. The Hall–Kier alpha value is -3.57. The fourth-order valence-corrected chi connectivity index (χ4v) is 5.92. The van der Waals surface area contributed by atoms with Gasteiger partial charge in [0.2, 0.25) is 0 Å². The van der Waals surface area contributed by atoms with Crippen molar-refractivity contribution < 1.29 is 14.3 Å². The van der Waals surface area contributed by atoms with Gasteiger partial charge in [0.25, 0.3) is 11.1 Å². The number of ether oxygens (including phenoxy) is 1. The zero-order valence-electron chi connectivity index (χ0n) is 19.3. The molecule has 0 radical (unpaired) electrons. The van der Waals surface area contributed by atoms with E-state index in [1.165, 1.54) is 0 Å². The van der Waals surface area contributed by atoms with Crippen LogP contribution in [0.4, 0.5) is 4.79 Å². The highest BCUT2D eigenvalue weighted by Gasteiger charge is 2.35.